The molecule has 0 aromatic heterocycles. The van der Waals surface area contributed by atoms with Crippen molar-refractivity contribution in [1.82, 2.24) is 10.6 Å². The van der Waals surface area contributed by atoms with E-state index in [0.29, 0.717) is 5.92 Å². The maximum atomic E-state index is 7.00. The molecule has 2 atom stereocenters. The molecule has 0 amide bonds. The lowest BCUT2D eigenvalue weighted by molar-refractivity contribution is 0.399. The van der Waals surface area contributed by atoms with Gasteiger partial charge in [0.25, 0.3) is 0 Å². The molecule has 0 saturated heterocycles. The number of aliphatic hydroxyl groups is 1. The van der Waals surface area contributed by atoms with Crippen LogP contribution in [0, 0.1) is 11.8 Å². The van der Waals surface area contributed by atoms with E-state index in [1.165, 1.54) is 12.8 Å². The average Bonchev–Trinajstić information content (AvgIpc) is 2.35. The van der Waals surface area contributed by atoms with E-state index in [2.05, 4.69) is 34.9 Å². The predicted octanol–water partition coefficient (Wildman–Crippen LogP) is 0.348. The van der Waals surface area contributed by atoms with Crippen LogP contribution in [0.1, 0.15) is 12.8 Å². The van der Waals surface area contributed by atoms with Crippen molar-refractivity contribution in [3.63, 3.8) is 0 Å². The third kappa shape index (κ3) is 9.06. The molecule has 0 spiro atoms. The Hall–Kier alpha value is -0.680. The summed E-state index contributed by atoms with van der Waals surface area (Å²) >= 11 is 0. The second-order valence-electron chi connectivity index (χ2n) is 3.93. The van der Waals surface area contributed by atoms with Crippen LogP contribution >= 0.6 is 0 Å². The summed E-state index contributed by atoms with van der Waals surface area (Å²) in [5, 5.41) is 13.3. The largest absolute Gasteiger partial charge is 0.412 e. The van der Waals surface area contributed by atoms with Crippen LogP contribution in [0.2, 0.25) is 0 Å². The minimum absolute atomic E-state index is 0. The highest BCUT2D eigenvalue weighted by Crippen LogP contribution is 2.22. The molecule has 0 bridgehead atoms. The minimum atomic E-state index is 0. The van der Waals surface area contributed by atoms with Gasteiger partial charge in [-0.1, -0.05) is 24.3 Å². The average molecular weight is 244 g/mol. The molecule has 1 rings (SSSR count). The van der Waals surface area contributed by atoms with E-state index in [-0.39, 0.29) is 5.48 Å². The number of hydrogen-bond acceptors (Lipinski definition) is 3. The summed E-state index contributed by atoms with van der Waals surface area (Å²) in [6.45, 7) is 2.09. The van der Waals surface area contributed by atoms with Crippen molar-refractivity contribution in [2.45, 2.75) is 12.8 Å². The third-order valence-corrected chi connectivity index (χ3v) is 2.67. The van der Waals surface area contributed by atoms with Gasteiger partial charge in [-0.05, 0) is 38.8 Å². The van der Waals surface area contributed by atoms with Crippen LogP contribution < -0.4 is 10.6 Å². The fraction of sp³-hybridized carbons (Fsp3) is 0.692. The van der Waals surface area contributed by atoms with Gasteiger partial charge in [-0.25, -0.2) is 0 Å². The predicted molar refractivity (Wildman–Crippen MR) is 74.1 cm³/mol. The fourth-order valence-electron chi connectivity index (χ4n) is 1.85. The van der Waals surface area contributed by atoms with E-state index in [1.54, 1.807) is 0 Å². The van der Waals surface area contributed by atoms with Crippen molar-refractivity contribution >= 4 is 0 Å². The van der Waals surface area contributed by atoms with Gasteiger partial charge in [-0.2, -0.15) is 0 Å². The Bertz CT molecular complexity index is 206. The van der Waals surface area contributed by atoms with Crippen LogP contribution in [-0.2, 0) is 0 Å². The number of nitrogens with one attached hydrogen (secondary N) is 2. The summed E-state index contributed by atoms with van der Waals surface area (Å²) in [6.07, 6.45) is 11.8. The van der Waals surface area contributed by atoms with Gasteiger partial charge in [0, 0.05) is 20.2 Å². The van der Waals surface area contributed by atoms with Crippen molar-refractivity contribution in [3.05, 3.63) is 24.3 Å². The second kappa shape index (κ2) is 13.4. The smallest absolute Gasteiger partial charge is 0.0319 e. The third-order valence-electron chi connectivity index (χ3n) is 2.67. The zero-order chi connectivity index (χ0) is 12.2. The highest BCUT2D eigenvalue weighted by atomic mass is 16.2. The molecule has 4 heteroatoms. The topological polar surface area (TPSA) is 75.8 Å². The van der Waals surface area contributed by atoms with Crippen molar-refractivity contribution in [2.24, 2.45) is 11.8 Å². The van der Waals surface area contributed by atoms with Crippen molar-refractivity contribution < 1.29 is 10.6 Å². The molecule has 0 aromatic carbocycles. The summed E-state index contributed by atoms with van der Waals surface area (Å²) in [7, 11) is 5.00. The lowest BCUT2D eigenvalue weighted by atomic mass is 9.88. The Morgan fingerprint density at radius 3 is 2.35 bits per heavy atom. The second-order valence-corrected chi connectivity index (χ2v) is 3.93. The first-order chi connectivity index (χ1) is 7.86. The number of aliphatic hydroxyl groups excluding tert-OH is 1. The van der Waals surface area contributed by atoms with E-state index in [0.717, 1.165) is 26.1 Å². The van der Waals surface area contributed by atoms with Crippen molar-refractivity contribution in [2.75, 3.05) is 34.3 Å². The maximum Gasteiger partial charge on any atom is 0.0319 e. The summed E-state index contributed by atoms with van der Waals surface area (Å²) < 4.78 is 0. The summed E-state index contributed by atoms with van der Waals surface area (Å²) in [4.78, 5) is 0. The van der Waals surface area contributed by atoms with E-state index >= 15 is 0 Å². The molecule has 4 nitrogen and oxygen atoms in total. The Balaban J connectivity index is 0. The summed E-state index contributed by atoms with van der Waals surface area (Å²) in [5.74, 6) is 1.41. The van der Waals surface area contributed by atoms with Crippen molar-refractivity contribution in [1.29, 1.82) is 0 Å². The van der Waals surface area contributed by atoms with Crippen LogP contribution in [-0.4, -0.2) is 44.9 Å². The Kier molecular flexibility index (Phi) is 14.7. The first-order valence-corrected chi connectivity index (χ1v) is 5.95. The molecule has 0 heterocycles. The number of allylic oxidation sites excluding steroid dienone is 2. The zero-order valence-corrected chi connectivity index (χ0v) is 11.2. The number of hydrogen-bond donors (Lipinski definition) is 3. The van der Waals surface area contributed by atoms with Crippen LogP contribution in [0.25, 0.3) is 0 Å². The van der Waals surface area contributed by atoms with E-state index in [9.17, 15) is 0 Å². The molecule has 0 aliphatic heterocycles. The summed E-state index contributed by atoms with van der Waals surface area (Å²) in [6, 6.07) is 0. The van der Waals surface area contributed by atoms with Crippen LogP contribution in [0.4, 0.5) is 0 Å². The normalized spacial score (nSPS) is 22.8. The molecule has 0 saturated carbocycles. The minimum Gasteiger partial charge on any atom is -0.412 e. The van der Waals surface area contributed by atoms with Crippen molar-refractivity contribution in [3.8, 4) is 0 Å². The van der Waals surface area contributed by atoms with Crippen LogP contribution in [0.3, 0.4) is 0 Å². The van der Waals surface area contributed by atoms with Gasteiger partial charge in [-0.3, -0.25) is 0 Å². The standard InChI is InChI=1S/C12H22N2.CH4O.H2O/c1-13-9-3-4-11-5-7-12(8-6-11)10-14-2;1-2;/h3-5,7,11-14H,6,8-10H2,1-2H3;2H,1H3;1H2/b4-3+;;. The molecular weight excluding hydrogens is 216 g/mol. The summed E-state index contributed by atoms with van der Waals surface area (Å²) in [5.41, 5.74) is 0. The molecule has 17 heavy (non-hydrogen) atoms. The molecule has 2 unspecified atom stereocenters. The highest BCUT2D eigenvalue weighted by molar-refractivity contribution is 5.06. The molecule has 102 valence electrons. The Morgan fingerprint density at radius 2 is 1.88 bits per heavy atom. The van der Waals surface area contributed by atoms with Crippen LogP contribution in [0.15, 0.2) is 24.3 Å². The lowest BCUT2D eigenvalue weighted by Gasteiger charge is -2.20. The molecule has 0 fully saturated rings. The Morgan fingerprint density at radius 1 is 1.18 bits per heavy atom. The highest BCUT2D eigenvalue weighted by Gasteiger charge is 2.12. The Labute approximate surface area is 105 Å². The van der Waals surface area contributed by atoms with Gasteiger partial charge in [0.05, 0.1) is 0 Å². The van der Waals surface area contributed by atoms with Gasteiger partial charge in [0.1, 0.15) is 0 Å². The maximum absolute atomic E-state index is 7.00. The molecular formula is C13H28N2O2. The fourth-order valence-corrected chi connectivity index (χ4v) is 1.85. The van der Waals surface area contributed by atoms with Gasteiger partial charge < -0.3 is 21.2 Å². The van der Waals surface area contributed by atoms with Gasteiger partial charge >= 0.3 is 0 Å². The molecule has 0 aromatic rings. The van der Waals surface area contributed by atoms with Crippen LogP contribution in [0.5, 0.6) is 0 Å². The first kappa shape index (κ1) is 18.7. The lowest BCUT2D eigenvalue weighted by Crippen LogP contribution is -2.20. The molecule has 1 aliphatic carbocycles. The molecule has 5 N–H and O–H groups in total. The quantitative estimate of drug-likeness (QED) is 0.611. The number of likely N-dealkylation sites (N-methyl/N-ethyl adjacent to an activating group) is 1. The van der Waals surface area contributed by atoms with Gasteiger partial charge in [0.15, 0.2) is 0 Å². The SMILES string of the molecule is CNC/C=C/C1C=CC(CNC)CC1.CO.O. The van der Waals surface area contributed by atoms with Gasteiger partial charge in [0.2, 0.25) is 0 Å². The van der Waals surface area contributed by atoms with E-state index < -0.39 is 0 Å². The molecule has 1 aliphatic rings. The van der Waals surface area contributed by atoms with Gasteiger partial charge in [-0.15, -0.1) is 0 Å². The molecule has 0 radical (unpaired) electrons. The first-order valence-electron chi connectivity index (χ1n) is 5.95. The number of rotatable bonds is 5. The monoisotopic (exact) mass is 244 g/mol. The van der Waals surface area contributed by atoms with E-state index in [1.807, 2.05) is 14.1 Å². The zero-order valence-electron chi connectivity index (χ0n) is 11.2. The van der Waals surface area contributed by atoms with E-state index in [4.69, 9.17) is 5.11 Å².